The predicted molar refractivity (Wildman–Crippen MR) is 86.7 cm³/mol. The summed E-state index contributed by atoms with van der Waals surface area (Å²) in [7, 11) is 0. The summed E-state index contributed by atoms with van der Waals surface area (Å²) >= 11 is 6.24. The van der Waals surface area contributed by atoms with Crippen LogP contribution < -0.4 is 0 Å². The SMILES string of the molecule is OCC(CO)(CCCc1ccccc1)c1ccccc1Cl. The molecule has 2 N–H and O–H groups in total. The second-order valence-electron chi connectivity index (χ2n) is 5.42. The molecule has 3 heteroatoms. The topological polar surface area (TPSA) is 40.5 Å². The Balaban J connectivity index is 2.10. The summed E-state index contributed by atoms with van der Waals surface area (Å²) in [6.45, 7) is -0.218. The maximum atomic E-state index is 9.83. The standard InChI is InChI=1S/C18H21ClO2/c19-17-11-5-4-10-16(17)18(13-20,14-21)12-6-9-15-7-2-1-3-8-15/h1-5,7-8,10-11,20-21H,6,9,12-14H2. The van der Waals surface area contributed by atoms with Crippen LogP contribution in [0.1, 0.15) is 24.0 Å². The van der Waals surface area contributed by atoms with Crippen molar-refractivity contribution in [3.8, 4) is 0 Å². The van der Waals surface area contributed by atoms with Gasteiger partial charge < -0.3 is 10.2 Å². The summed E-state index contributed by atoms with van der Waals surface area (Å²) in [6.07, 6.45) is 2.50. The van der Waals surface area contributed by atoms with E-state index < -0.39 is 5.41 Å². The van der Waals surface area contributed by atoms with Crippen LogP contribution in [0.25, 0.3) is 0 Å². The monoisotopic (exact) mass is 304 g/mol. The minimum atomic E-state index is -0.673. The molecule has 0 aliphatic rings. The third-order valence-corrected chi connectivity index (χ3v) is 4.34. The van der Waals surface area contributed by atoms with Gasteiger partial charge in [-0.15, -0.1) is 0 Å². The molecule has 0 unspecified atom stereocenters. The van der Waals surface area contributed by atoms with Gasteiger partial charge in [0.25, 0.3) is 0 Å². The molecule has 0 aromatic heterocycles. The highest BCUT2D eigenvalue weighted by Crippen LogP contribution is 2.34. The third kappa shape index (κ3) is 3.85. The molecule has 2 nitrogen and oxygen atoms in total. The number of benzene rings is 2. The highest BCUT2D eigenvalue weighted by Gasteiger charge is 2.32. The Morgan fingerprint density at radius 2 is 1.48 bits per heavy atom. The van der Waals surface area contributed by atoms with Crippen LogP contribution in [-0.4, -0.2) is 23.4 Å². The molecule has 0 amide bonds. The van der Waals surface area contributed by atoms with E-state index in [9.17, 15) is 10.2 Å². The van der Waals surface area contributed by atoms with Gasteiger partial charge >= 0.3 is 0 Å². The van der Waals surface area contributed by atoms with Crippen LogP contribution in [-0.2, 0) is 11.8 Å². The normalized spacial score (nSPS) is 11.6. The van der Waals surface area contributed by atoms with Gasteiger partial charge in [-0.05, 0) is 36.5 Å². The van der Waals surface area contributed by atoms with E-state index in [0.29, 0.717) is 11.4 Å². The van der Waals surface area contributed by atoms with E-state index in [0.717, 1.165) is 18.4 Å². The molecule has 2 rings (SSSR count). The number of halogens is 1. The largest absolute Gasteiger partial charge is 0.395 e. The maximum Gasteiger partial charge on any atom is 0.0550 e. The Morgan fingerprint density at radius 3 is 2.10 bits per heavy atom. The van der Waals surface area contributed by atoms with Crippen molar-refractivity contribution in [1.82, 2.24) is 0 Å². The minimum absolute atomic E-state index is 0.109. The van der Waals surface area contributed by atoms with Gasteiger partial charge in [0.05, 0.1) is 13.2 Å². The van der Waals surface area contributed by atoms with Crippen LogP contribution in [0.4, 0.5) is 0 Å². The first-order chi connectivity index (χ1) is 10.2. The molecule has 0 aliphatic carbocycles. The van der Waals surface area contributed by atoms with Gasteiger partial charge in [0, 0.05) is 10.4 Å². The predicted octanol–water partition coefficient (Wildman–Crippen LogP) is 3.59. The summed E-state index contributed by atoms with van der Waals surface area (Å²) < 4.78 is 0. The highest BCUT2D eigenvalue weighted by atomic mass is 35.5. The van der Waals surface area contributed by atoms with Crippen molar-refractivity contribution in [3.05, 3.63) is 70.7 Å². The molecule has 21 heavy (non-hydrogen) atoms. The fraction of sp³-hybridized carbons (Fsp3) is 0.333. The van der Waals surface area contributed by atoms with E-state index in [1.807, 2.05) is 36.4 Å². The molecule has 0 aliphatic heterocycles. The molecule has 0 bridgehead atoms. The van der Waals surface area contributed by atoms with E-state index in [1.165, 1.54) is 5.56 Å². The number of aliphatic hydroxyl groups is 2. The molecule has 0 saturated heterocycles. The molecule has 0 radical (unpaired) electrons. The maximum absolute atomic E-state index is 9.83. The molecular weight excluding hydrogens is 284 g/mol. The Hall–Kier alpha value is -1.35. The van der Waals surface area contributed by atoms with Crippen LogP contribution in [0, 0.1) is 0 Å². The third-order valence-electron chi connectivity index (χ3n) is 4.01. The van der Waals surface area contributed by atoms with Crippen molar-refractivity contribution < 1.29 is 10.2 Å². The summed E-state index contributed by atoms with van der Waals surface area (Å²) in [6, 6.07) is 17.7. The fourth-order valence-corrected chi connectivity index (χ4v) is 3.02. The molecule has 2 aromatic carbocycles. The van der Waals surface area contributed by atoms with E-state index >= 15 is 0 Å². The van der Waals surface area contributed by atoms with Crippen LogP contribution >= 0.6 is 11.6 Å². The number of aliphatic hydroxyl groups excluding tert-OH is 2. The zero-order chi connectivity index (χ0) is 15.1. The van der Waals surface area contributed by atoms with Crippen molar-refractivity contribution in [2.45, 2.75) is 24.7 Å². The van der Waals surface area contributed by atoms with E-state index in [2.05, 4.69) is 12.1 Å². The summed E-state index contributed by atoms with van der Waals surface area (Å²) in [5.41, 5.74) is 1.42. The lowest BCUT2D eigenvalue weighted by molar-refractivity contribution is 0.108. The number of hydrogen-bond acceptors (Lipinski definition) is 2. The van der Waals surface area contributed by atoms with Gasteiger partial charge in [0.15, 0.2) is 0 Å². The Kier molecular flexibility index (Phi) is 5.80. The minimum Gasteiger partial charge on any atom is -0.395 e. The van der Waals surface area contributed by atoms with Gasteiger partial charge in [0.2, 0.25) is 0 Å². The average Bonchev–Trinajstić information content (AvgIpc) is 2.54. The molecule has 0 spiro atoms. The first kappa shape index (κ1) is 16.0. The van der Waals surface area contributed by atoms with Crippen LogP contribution in [0.5, 0.6) is 0 Å². The first-order valence-electron chi connectivity index (χ1n) is 7.22. The molecule has 0 saturated carbocycles. The van der Waals surface area contributed by atoms with Gasteiger partial charge in [-0.3, -0.25) is 0 Å². The first-order valence-corrected chi connectivity index (χ1v) is 7.60. The van der Waals surface area contributed by atoms with Crippen molar-refractivity contribution in [1.29, 1.82) is 0 Å². The zero-order valence-corrected chi connectivity index (χ0v) is 12.8. The second-order valence-corrected chi connectivity index (χ2v) is 5.82. The number of aryl methyl sites for hydroxylation is 1. The molecule has 112 valence electrons. The van der Waals surface area contributed by atoms with Crippen molar-refractivity contribution in [3.63, 3.8) is 0 Å². The quantitative estimate of drug-likeness (QED) is 0.821. The van der Waals surface area contributed by atoms with Crippen molar-refractivity contribution in [2.75, 3.05) is 13.2 Å². The van der Waals surface area contributed by atoms with Crippen molar-refractivity contribution in [2.24, 2.45) is 0 Å². The zero-order valence-electron chi connectivity index (χ0n) is 12.0. The summed E-state index contributed by atoms with van der Waals surface area (Å²) in [4.78, 5) is 0. The number of rotatable bonds is 7. The van der Waals surface area contributed by atoms with Crippen LogP contribution in [0.15, 0.2) is 54.6 Å². The number of hydrogen-bond donors (Lipinski definition) is 2. The highest BCUT2D eigenvalue weighted by molar-refractivity contribution is 6.31. The van der Waals surface area contributed by atoms with Crippen LogP contribution in [0.3, 0.4) is 0 Å². The Bertz CT molecular complexity index is 550. The second kappa shape index (κ2) is 7.60. The van der Waals surface area contributed by atoms with Crippen molar-refractivity contribution >= 4 is 11.6 Å². The Morgan fingerprint density at radius 1 is 0.857 bits per heavy atom. The van der Waals surface area contributed by atoms with Gasteiger partial charge in [-0.1, -0.05) is 60.1 Å². The molecule has 0 heterocycles. The van der Waals surface area contributed by atoms with E-state index in [4.69, 9.17) is 11.6 Å². The summed E-state index contributed by atoms with van der Waals surface area (Å²) in [5.74, 6) is 0. The van der Waals surface area contributed by atoms with Crippen LogP contribution in [0.2, 0.25) is 5.02 Å². The lowest BCUT2D eigenvalue weighted by atomic mass is 9.77. The molecule has 0 atom stereocenters. The molecule has 0 fully saturated rings. The summed E-state index contributed by atoms with van der Waals surface area (Å²) in [5, 5.41) is 20.3. The van der Waals surface area contributed by atoms with Gasteiger partial charge in [-0.2, -0.15) is 0 Å². The fourth-order valence-electron chi connectivity index (χ4n) is 2.68. The lowest BCUT2D eigenvalue weighted by Gasteiger charge is -2.31. The van der Waals surface area contributed by atoms with Gasteiger partial charge in [-0.25, -0.2) is 0 Å². The lowest BCUT2D eigenvalue weighted by Crippen LogP contribution is -2.35. The molecular formula is C18H21ClO2. The smallest absolute Gasteiger partial charge is 0.0550 e. The van der Waals surface area contributed by atoms with Gasteiger partial charge in [0.1, 0.15) is 0 Å². The van der Waals surface area contributed by atoms with E-state index in [-0.39, 0.29) is 13.2 Å². The molecule has 2 aromatic rings. The van der Waals surface area contributed by atoms with E-state index in [1.54, 1.807) is 6.07 Å². The Labute approximate surface area is 131 Å². The average molecular weight is 305 g/mol.